The van der Waals surface area contributed by atoms with E-state index in [4.69, 9.17) is 18.0 Å². The summed E-state index contributed by atoms with van der Waals surface area (Å²) in [5.41, 5.74) is 6.36. The molecule has 0 aromatic carbocycles. The third kappa shape index (κ3) is 2.84. The summed E-state index contributed by atoms with van der Waals surface area (Å²) in [6.07, 6.45) is 4.64. The molecule has 0 radical (unpaired) electrons. The second-order valence-corrected chi connectivity index (χ2v) is 6.54. The lowest BCUT2D eigenvalue weighted by molar-refractivity contribution is 0.466. The first-order valence-corrected chi connectivity index (χ1v) is 7.46. The maximum Gasteiger partial charge on any atom is 0.245 e. The summed E-state index contributed by atoms with van der Waals surface area (Å²) < 4.78 is 26.2. The van der Waals surface area contributed by atoms with Gasteiger partial charge in [0, 0.05) is 31.5 Å². The molecule has 20 heavy (non-hydrogen) atoms. The lowest BCUT2D eigenvalue weighted by atomic mass is 10.3. The smallest absolute Gasteiger partial charge is 0.245 e. The predicted molar refractivity (Wildman–Crippen MR) is 77.4 cm³/mol. The van der Waals surface area contributed by atoms with Gasteiger partial charge < -0.3 is 5.73 Å². The van der Waals surface area contributed by atoms with Gasteiger partial charge >= 0.3 is 0 Å². The fourth-order valence-electron chi connectivity index (χ4n) is 1.66. The first-order chi connectivity index (χ1) is 9.43. The van der Waals surface area contributed by atoms with Crippen LogP contribution in [-0.4, -0.2) is 39.9 Å². The van der Waals surface area contributed by atoms with Crippen LogP contribution in [-0.2, 0) is 16.6 Å². The molecule has 0 saturated carbocycles. The van der Waals surface area contributed by atoms with Gasteiger partial charge in [0.15, 0.2) is 0 Å². The van der Waals surface area contributed by atoms with Gasteiger partial charge in [-0.05, 0) is 12.1 Å². The van der Waals surface area contributed by atoms with Gasteiger partial charge in [0.1, 0.15) is 15.6 Å². The van der Waals surface area contributed by atoms with Gasteiger partial charge in [0.25, 0.3) is 0 Å². The highest BCUT2D eigenvalue weighted by Gasteiger charge is 2.25. The van der Waals surface area contributed by atoms with Crippen molar-refractivity contribution in [3.05, 3.63) is 42.0 Å². The summed E-state index contributed by atoms with van der Waals surface area (Å²) in [6, 6.07) is 2.96. The van der Waals surface area contributed by atoms with E-state index in [1.165, 1.54) is 29.7 Å². The largest absolute Gasteiger partial charge is 0.388 e. The van der Waals surface area contributed by atoms with Crippen LogP contribution in [0.5, 0.6) is 0 Å². The Morgan fingerprint density at radius 1 is 1.55 bits per heavy atom. The first kappa shape index (κ1) is 14.6. The van der Waals surface area contributed by atoms with E-state index in [0.29, 0.717) is 0 Å². The zero-order valence-corrected chi connectivity index (χ0v) is 12.3. The third-order valence-corrected chi connectivity index (χ3v) is 4.68. The van der Waals surface area contributed by atoms with E-state index in [0.717, 1.165) is 5.56 Å². The van der Waals surface area contributed by atoms with Crippen LogP contribution >= 0.6 is 12.2 Å². The van der Waals surface area contributed by atoms with Crippen LogP contribution in [0, 0.1) is 0 Å². The number of aromatic amines is 1. The van der Waals surface area contributed by atoms with Crippen LogP contribution < -0.4 is 5.73 Å². The van der Waals surface area contributed by atoms with Crippen molar-refractivity contribution in [2.24, 2.45) is 5.73 Å². The number of rotatable bonds is 5. The number of nitrogens with one attached hydrogen (secondary N) is 1. The molecule has 0 fully saturated rings. The molecule has 2 rings (SSSR count). The van der Waals surface area contributed by atoms with E-state index in [1.54, 1.807) is 12.4 Å². The van der Waals surface area contributed by atoms with E-state index in [1.807, 2.05) is 0 Å². The minimum absolute atomic E-state index is 0.00139. The Kier molecular flexibility index (Phi) is 4.12. The Hall–Kier alpha value is -1.84. The molecule has 3 N–H and O–H groups in total. The molecule has 2 aromatic rings. The van der Waals surface area contributed by atoms with Crippen LogP contribution in [0.3, 0.4) is 0 Å². The minimum atomic E-state index is -3.73. The van der Waals surface area contributed by atoms with Crippen molar-refractivity contribution in [2.75, 3.05) is 7.05 Å². The number of thiocarbonyl (C=S) groups is 1. The van der Waals surface area contributed by atoms with E-state index in [-0.39, 0.29) is 22.1 Å². The molecule has 0 aliphatic heterocycles. The van der Waals surface area contributed by atoms with Crippen LogP contribution in [0.25, 0.3) is 0 Å². The maximum atomic E-state index is 12.5. The lowest BCUT2D eigenvalue weighted by Gasteiger charge is -2.17. The number of H-pyrrole nitrogens is 1. The highest BCUT2D eigenvalue weighted by atomic mass is 32.2. The summed E-state index contributed by atoms with van der Waals surface area (Å²) in [5.74, 6) is 0. The average molecular weight is 311 g/mol. The van der Waals surface area contributed by atoms with Crippen molar-refractivity contribution in [1.29, 1.82) is 0 Å². The topological polar surface area (TPSA) is 105 Å². The van der Waals surface area contributed by atoms with Crippen LogP contribution in [0.1, 0.15) is 11.3 Å². The Morgan fingerprint density at radius 3 is 2.90 bits per heavy atom. The van der Waals surface area contributed by atoms with E-state index < -0.39 is 10.0 Å². The molecule has 0 aliphatic carbocycles. The van der Waals surface area contributed by atoms with E-state index in [2.05, 4.69) is 15.2 Å². The van der Waals surface area contributed by atoms with Gasteiger partial charge in [-0.1, -0.05) is 12.2 Å². The number of sulfonamides is 1. The Morgan fingerprint density at radius 2 is 2.30 bits per heavy atom. The Bertz CT molecular complexity index is 712. The van der Waals surface area contributed by atoms with Crippen LogP contribution in [0.2, 0.25) is 0 Å². The molecular weight excluding hydrogens is 298 g/mol. The molecule has 2 aromatic heterocycles. The number of nitrogens with zero attached hydrogens (tertiary/aromatic N) is 3. The third-order valence-electron chi connectivity index (χ3n) is 2.65. The van der Waals surface area contributed by atoms with Gasteiger partial charge in [-0.3, -0.25) is 10.1 Å². The second kappa shape index (κ2) is 5.65. The van der Waals surface area contributed by atoms with Gasteiger partial charge in [0.05, 0.1) is 6.20 Å². The van der Waals surface area contributed by atoms with Gasteiger partial charge in [-0.2, -0.15) is 9.40 Å². The molecule has 7 nitrogen and oxygen atoms in total. The molecular formula is C11H13N5O2S2. The SMILES string of the molecule is CN(Cc1cn[nH]c1)S(=O)(=O)c1cccnc1C(N)=S. The fraction of sp³-hybridized carbons (Fsp3) is 0.182. The number of aromatic nitrogens is 3. The first-order valence-electron chi connectivity index (χ1n) is 5.61. The van der Waals surface area contributed by atoms with Crippen molar-refractivity contribution in [3.8, 4) is 0 Å². The molecule has 0 spiro atoms. The Balaban J connectivity index is 2.37. The summed E-state index contributed by atoms with van der Waals surface area (Å²) in [5, 5.41) is 6.41. The summed E-state index contributed by atoms with van der Waals surface area (Å²) in [6.45, 7) is 0.185. The number of nitrogens with two attached hydrogens (primary N) is 1. The lowest BCUT2D eigenvalue weighted by Crippen LogP contribution is -2.29. The molecule has 0 amide bonds. The fourth-order valence-corrected chi connectivity index (χ4v) is 3.20. The zero-order valence-electron chi connectivity index (χ0n) is 10.6. The normalized spacial score (nSPS) is 11.7. The number of hydrogen-bond donors (Lipinski definition) is 2. The van der Waals surface area contributed by atoms with E-state index >= 15 is 0 Å². The molecule has 0 saturated heterocycles. The van der Waals surface area contributed by atoms with Gasteiger partial charge in [-0.15, -0.1) is 0 Å². The monoisotopic (exact) mass is 311 g/mol. The minimum Gasteiger partial charge on any atom is -0.388 e. The van der Waals surface area contributed by atoms with E-state index in [9.17, 15) is 8.42 Å². The maximum absolute atomic E-state index is 12.5. The predicted octanol–water partition coefficient (Wildman–Crippen LogP) is 0.260. The highest BCUT2D eigenvalue weighted by Crippen LogP contribution is 2.19. The molecule has 0 bridgehead atoms. The second-order valence-electron chi connectivity index (χ2n) is 4.08. The molecule has 106 valence electrons. The molecule has 0 aliphatic rings. The van der Waals surface area contributed by atoms with Crippen molar-refractivity contribution in [1.82, 2.24) is 19.5 Å². The molecule has 0 unspecified atom stereocenters. The quantitative estimate of drug-likeness (QED) is 0.767. The molecule has 0 atom stereocenters. The van der Waals surface area contributed by atoms with Crippen molar-refractivity contribution in [2.45, 2.75) is 11.4 Å². The van der Waals surface area contributed by atoms with Crippen molar-refractivity contribution >= 4 is 27.2 Å². The van der Waals surface area contributed by atoms with Crippen molar-refractivity contribution < 1.29 is 8.42 Å². The number of pyridine rings is 1. The summed E-state index contributed by atoms with van der Waals surface area (Å²) in [7, 11) is -2.26. The summed E-state index contributed by atoms with van der Waals surface area (Å²) in [4.78, 5) is 3.88. The van der Waals surface area contributed by atoms with Gasteiger partial charge in [0.2, 0.25) is 10.0 Å². The van der Waals surface area contributed by atoms with Gasteiger partial charge in [-0.25, -0.2) is 8.42 Å². The Labute approximate surface area is 121 Å². The van der Waals surface area contributed by atoms with Crippen LogP contribution in [0.4, 0.5) is 0 Å². The standard InChI is InChI=1S/C11H13N5O2S2/c1-16(7-8-5-14-15-6-8)20(17,18)9-3-2-4-13-10(9)11(12)19/h2-6H,7H2,1H3,(H2,12,19)(H,14,15). The van der Waals surface area contributed by atoms with Crippen LogP contribution in [0.15, 0.2) is 35.6 Å². The average Bonchev–Trinajstić information content (AvgIpc) is 2.91. The summed E-state index contributed by atoms with van der Waals surface area (Å²) >= 11 is 4.84. The zero-order chi connectivity index (χ0) is 14.8. The molecule has 2 heterocycles. The number of hydrogen-bond acceptors (Lipinski definition) is 5. The van der Waals surface area contributed by atoms with Crippen molar-refractivity contribution in [3.63, 3.8) is 0 Å². The highest BCUT2D eigenvalue weighted by molar-refractivity contribution is 7.89. The molecule has 9 heteroatoms.